The third-order valence-electron chi connectivity index (χ3n) is 6.82. The topological polar surface area (TPSA) is 74.8 Å². The average Bonchev–Trinajstić information content (AvgIpc) is 3.22. The Balaban J connectivity index is 1.14. The molecule has 2 aliphatic rings. The molecule has 4 atom stereocenters. The zero-order valence-corrected chi connectivity index (χ0v) is 19.9. The van der Waals surface area contributed by atoms with Gasteiger partial charge in [0.15, 0.2) is 17.2 Å². The van der Waals surface area contributed by atoms with Crippen molar-refractivity contribution < 1.29 is 14.6 Å². The van der Waals surface area contributed by atoms with E-state index in [0.29, 0.717) is 5.02 Å². The molecule has 4 aromatic rings. The summed E-state index contributed by atoms with van der Waals surface area (Å²) >= 11 is 7.65. The van der Waals surface area contributed by atoms with Crippen molar-refractivity contribution in [2.75, 3.05) is 5.32 Å². The second-order valence-electron chi connectivity index (χ2n) is 8.97. The highest BCUT2D eigenvalue weighted by molar-refractivity contribution is 7.22. The molecule has 1 aliphatic heterocycles. The van der Waals surface area contributed by atoms with Crippen molar-refractivity contribution in [3.8, 4) is 11.1 Å². The van der Waals surface area contributed by atoms with Gasteiger partial charge in [-0.05, 0) is 54.3 Å². The lowest BCUT2D eigenvalue weighted by atomic mass is 9.86. The Morgan fingerprint density at radius 1 is 1.03 bits per heavy atom. The number of anilines is 2. The Bertz CT molecular complexity index is 1350. The standard InChI is InChI=1S/C27H23ClN2O3S/c28-18-10-13-23-22(14-18)30-27(34-23)29-19-11-8-16(9-12-19)15-4-6-17(7-5-15)24(31)20-2-1-3-21(20)25-26(32)33-25/h4-14,20-21,25-26,32H,1-3H2,(H,29,30)/t20-,21-,25?,26?/m1/s1. The number of nitrogens with one attached hydrogen (secondary N) is 1. The van der Waals surface area contributed by atoms with Gasteiger partial charge in [0.05, 0.1) is 10.2 Å². The smallest absolute Gasteiger partial charge is 0.188 e. The molecule has 34 heavy (non-hydrogen) atoms. The number of aliphatic hydroxyl groups is 1. The summed E-state index contributed by atoms with van der Waals surface area (Å²) in [5, 5.41) is 14.5. The number of rotatable bonds is 6. The Kier molecular flexibility index (Phi) is 5.62. The Morgan fingerprint density at radius 3 is 2.44 bits per heavy atom. The number of ketones is 1. The van der Waals surface area contributed by atoms with E-state index in [0.717, 1.165) is 57.0 Å². The molecule has 2 heterocycles. The molecule has 7 heteroatoms. The summed E-state index contributed by atoms with van der Waals surface area (Å²) in [7, 11) is 0. The monoisotopic (exact) mass is 490 g/mol. The van der Waals surface area contributed by atoms with Crippen LogP contribution in [0.2, 0.25) is 5.02 Å². The number of Topliss-reactive ketones (excluding diaryl/α,β-unsaturated/α-hetero) is 1. The molecule has 1 aromatic heterocycles. The van der Waals surface area contributed by atoms with E-state index >= 15 is 0 Å². The van der Waals surface area contributed by atoms with E-state index in [1.807, 2.05) is 54.6 Å². The van der Waals surface area contributed by atoms with Crippen molar-refractivity contribution in [3.63, 3.8) is 0 Å². The summed E-state index contributed by atoms with van der Waals surface area (Å²) in [5.74, 6) is 0.236. The van der Waals surface area contributed by atoms with E-state index in [1.54, 1.807) is 11.3 Å². The molecule has 5 nitrogen and oxygen atoms in total. The molecule has 2 N–H and O–H groups in total. The summed E-state index contributed by atoms with van der Waals surface area (Å²) in [6.45, 7) is 0. The van der Waals surface area contributed by atoms with Gasteiger partial charge in [0.2, 0.25) is 0 Å². The molecular weight excluding hydrogens is 468 g/mol. The van der Waals surface area contributed by atoms with Gasteiger partial charge < -0.3 is 15.2 Å². The van der Waals surface area contributed by atoms with Crippen LogP contribution in [0.5, 0.6) is 0 Å². The number of halogens is 1. The van der Waals surface area contributed by atoms with Crippen LogP contribution in [0.25, 0.3) is 21.3 Å². The van der Waals surface area contributed by atoms with Crippen LogP contribution >= 0.6 is 22.9 Å². The Morgan fingerprint density at radius 2 is 1.74 bits per heavy atom. The predicted octanol–water partition coefficient (Wildman–Crippen LogP) is 6.68. The van der Waals surface area contributed by atoms with E-state index < -0.39 is 6.29 Å². The van der Waals surface area contributed by atoms with Gasteiger partial charge >= 0.3 is 0 Å². The Labute approximate surface area is 206 Å². The minimum absolute atomic E-state index is 0.0584. The molecule has 2 fully saturated rings. The maximum absolute atomic E-state index is 13.1. The van der Waals surface area contributed by atoms with Gasteiger partial charge in [0.1, 0.15) is 6.10 Å². The minimum atomic E-state index is -0.689. The predicted molar refractivity (Wildman–Crippen MR) is 136 cm³/mol. The number of aromatic nitrogens is 1. The first kappa shape index (κ1) is 21.7. The van der Waals surface area contributed by atoms with Gasteiger partial charge in [0, 0.05) is 28.1 Å². The van der Waals surface area contributed by atoms with E-state index in [4.69, 9.17) is 16.3 Å². The SMILES string of the molecule is O=C(c1ccc(-c2ccc(Nc3nc4cc(Cl)ccc4s3)cc2)cc1)[C@@H]1CCC[C@H]1C1OC1O. The van der Waals surface area contributed by atoms with Gasteiger partial charge in [-0.3, -0.25) is 4.79 Å². The fourth-order valence-electron chi connectivity index (χ4n) is 5.00. The zero-order valence-electron chi connectivity index (χ0n) is 18.3. The van der Waals surface area contributed by atoms with Crippen LogP contribution in [0.4, 0.5) is 10.8 Å². The van der Waals surface area contributed by atoms with Crippen LogP contribution in [0.15, 0.2) is 66.7 Å². The highest BCUT2D eigenvalue weighted by Crippen LogP contribution is 2.43. The number of nitrogens with zero attached hydrogens (tertiary/aromatic N) is 1. The van der Waals surface area contributed by atoms with Crippen molar-refractivity contribution >= 4 is 49.8 Å². The number of thiazole rings is 1. The summed E-state index contributed by atoms with van der Waals surface area (Å²) in [5.41, 5.74) is 4.70. The van der Waals surface area contributed by atoms with E-state index in [1.165, 1.54) is 0 Å². The first-order valence-corrected chi connectivity index (χ1v) is 12.7. The molecule has 0 bridgehead atoms. The van der Waals surface area contributed by atoms with Gasteiger partial charge in [-0.2, -0.15) is 0 Å². The quantitative estimate of drug-likeness (QED) is 0.233. The van der Waals surface area contributed by atoms with Gasteiger partial charge in [0.25, 0.3) is 0 Å². The lowest BCUT2D eigenvalue weighted by molar-refractivity contribution is 0.0876. The second kappa shape index (κ2) is 8.78. The van der Waals surface area contributed by atoms with Crippen molar-refractivity contribution in [2.24, 2.45) is 11.8 Å². The first-order chi connectivity index (χ1) is 16.5. The largest absolute Gasteiger partial charge is 0.366 e. The van der Waals surface area contributed by atoms with Crippen LogP contribution in [-0.4, -0.2) is 28.3 Å². The molecule has 1 saturated heterocycles. The van der Waals surface area contributed by atoms with E-state index in [2.05, 4.69) is 22.4 Å². The van der Waals surface area contributed by atoms with E-state index in [-0.39, 0.29) is 23.7 Å². The number of ether oxygens (including phenoxy) is 1. The third-order valence-corrected chi connectivity index (χ3v) is 8.00. The average molecular weight is 491 g/mol. The maximum Gasteiger partial charge on any atom is 0.188 e. The molecule has 1 aliphatic carbocycles. The first-order valence-electron chi connectivity index (χ1n) is 11.5. The molecule has 0 radical (unpaired) electrons. The molecule has 172 valence electrons. The summed E-state index contributed by atoms with van der Waals surface area (Å²) in [6.07, 6.45) is 1.97. The Hall–Kier alpha value is -2.77. The van der Waals surface area contributed by atoms with Gasteiger partial charge in [-0.1, -0.05) is 65.8 Å². The van der Waals surface area contributed by atoms with Crippen LogP contribution in [0.3, 0.4) is 0 Å². The van der Waals surface area contributed by atoms with Crippen molar-refractivity contribution in [1.29, 1.82) is 0 Å². The third kappa shape index (κ3) is 4.23. The van der Waals surface area contributed by atoms with Crippen molar-refractivity contribution in [2.45, 2.75) is 31.7 Å². The number of epoxide rings is 1. The van der Waals surface area contributed by atoms with Crippen LogP contribution in [-0.2, 0) is 4.74 Å². The number of hydrogen-bond acceptors (Lipinski definition) is 6. The molecule has 3 aromatic carbocycles. The molecule has 1 saturated carbocycles. The maximum atomic E-state index is 13.1. The highest BCUT2D eigenvalue weighted by atomic mass is 35.5. The van der Waals surface area contributed by atoms with Gasteiger partial charge in [-0.15, -0.1) is 0 Å². The molecule has 6 rings (SSSR count). The van der Waals surface area contributed by atoms with Crippen LogP contribution < -0.4 is 5.32 Å². The molecular formula is C27H23ClN2O3S. The number of carbonyl (C=O) groups excluding carboxylic acids is 1. The number of aliphatic hydroxyl groups excluding tert-OH is 1. The number of benzene rings is 3. The number of carbonyl (C=O) groups is 1. The lowest BCUT2D eigenvalue weighted by Gasteiger charge is -2.16. The van der Waals surface area contributed by atoms with Crippen LogP contribution in [0.1, 0.15) is 29.6 Å². The fraction of sp³-hybridized carbons (Fsp3) is 0.259. The summed E-state index contributed by atoms with van der Waals surface area (Å²) in [4.78, 5) is 17.7. The van der Waals surface area contributed by atoms with Gasteiger partial charge in [-0.25, -0.2) is 4.98 Å². The molecule has 2 unspecified atom stereocenters. The fourth-order valence-corrected chi connectivity index (χ4v) is 6.03. The number of hydrogen-bond donors (Lipinski definition) is 2. The molecule has 0 spiro atoms. The highest BCUT2D eigenvalue weighted by Gasteiger charge is 2.50. The summed E-state index contributed by atoms with van der Waals surface area (Å²) in [6, 6.07) is 21.7. The molecule has 0 amide bonds. The van der Waals surface area contributed by atoms with Crippen molar-refractivity contribution in [3.05, 3.63) is 77.3 Å². The summed E-state index contributed by atoms with van der Waals surface area (Å²) < 4.78 is 6.34. The second-order valence-corrected chi connectivity index (χ2v) is 10.4. The van der Waals surface area contributed by atoms with Crippen molar-refractivity contribution in [1.82, 2.24) is 4.98 Å². The normalized spacial score (nSPS) is 23.8. The number of fused-ring (bicyclic) bond motifs is 1. The zero-order chi connectivity index (χ0) is 23.2. The lowest BCUT2D eigenvalue weighted by Crippen LogP contribution is -2.24. The minimum Gasteiger partial charge on any atom is -0.366 e. The van der Waals surface area contributed by atoms with Crippen LogP contribution in [0, 0.1) is 11.8 Å². The van der Waals surface area contributed by atoms with E-state index in [9.17, 15) is 9.90 Å².